The maximum Gasteiger partial charge on any atom is 0.231 e. The van der Waals surface area contributed by atoms with Crippen molar-refractivity contribution >= 4 is 5.91 Å². The Morgan fingerprint density at radius 3 is 2.57 bits per heavy atom. The van der Waals surface area contributed by atoms with Crippen molar-refractivity contribution in [1.29, 1.82) is 0 Å². The van der Waals surface area contributed by atoms with Gasteiger partial charge >= 0.3 is 0 Å². The Kier molecular flexibility index (Phi) is 5.00. The number of carbonyl (C=O) groups excluding carboxylic acids is 1. The van der Waals surface area contributed by atoms with Crippen LogP contribution in [0.15, 0.2) is 24.3 Å². The van der Waals surface area contributed by atoms with E-state index in [-0.39, 0.29) is 17.8 Å². The summed E-state index contributed by atoms with van der Waals surface area (Å²) >= 11 is 0. The smallest absolute Gasteiger partial charge is 0.231 e. The lowest BCUT2D eigenvalue weighted by Gasteiger charge is -2.38. The maximum atomic E-state index is 13.3. The van der Waals surface area contributed by atoms with E-state index >= 15 is 0 Å². The molecule has 3 rings (SSSR count). The molecule has 0 aromatic heterocycles. The van der Waals surface area contributed by atoms with Gasteiger partial charge in [0, 0.05) is 19.3 Å². The molecule has 0 bridgehead atoms. The number of hydrogen-bond acceptors (Lipinski definition) is 2. The number of nitrogens with one attached hydrogen (secondary N) is 1. The molecular formula is C19H26FNO2. The number of ether oxygens (including phenoxy) is 1. The molecule has 0 radical (unpaired) electrons. The first-order valence-corrected chi connectivity index (χ1v) is 8.75. The van der Waals surface area contributed by atoms with Gasteiger partial charge in [0.2, 0.25) is 5.91 Å². The molecule has 1 aromatic carbocycles. The predicted octanol–water partition coefficient (Wildman–Crippen LogP) is 3.57. The van der Waals surface area contributed by atoms with E-state index in [1.165, 1.54) is 25.0 Å². The molecular weight excluding hydrogens is 293 g/mol. The van der Waals surface area contributed by atoms with Crippen LogP contribution in [0, 0.1) is 11.7 Å². The Bertz CT molecular complexity index is 537. The van der Waals surface area contributed by atoms with Crippen molar-refractivity contribution in [3.63, 3.8) is 0 Å². The lowest BCUT2D eigenvalue weighted by Crippen LogP contribution is -2.51. The van der Waals surface area contributed by atoms with Gasteiger partial charge < -0.3 is 10.1 Å². The highest BCUT2D eigenvalue weighted by Gasteiger charge is 2.42. The SMILES string of the molecule is CC1CCCC(NC(=O)C2(c3ccc(F)cc3)CCOCC2)C1. The van der Waals surface area contributed by atoms with E-state index in [0.717, 1.165) is 18.4 Å². The largest absolute Gasteiger partial charge is 0.381 e. The summed E-state index contributed by atoms with van der Waals surface area (Å²) in [6, 6.07) is 6.67. The highest BCUT2D eigenvalue weighted by molar-refractivity contribution is 5.88. The van der Waals surface area contributed by atoms with Crippen LogP contribution in [0.4, 0.5) is 4.39 Å². The minimum Gasteiger partial charge on any atom is -0.381 e. The molecule has 2 unspecified atom stereocenters. The molecule has 1 aliphatic carbocycles. The molecule has 1 saturated heterocycles. The Morgan fingerprint density at radius 2 is 1.91 bits per heavy atom. The van der Waals surface area contributed by atoms with E-state index in [2.05, 4.69) is 12.2 Å². The van der Waals surface area contributed by atoms with Crippen molar-refractivity contribution in [3.05, 3.63) is 35.6 Å². The molecule has 2 atom stereocenters. The molecule has 0 spiro atoms. The fourth-order valence-electron chi connectivity index (χ4n) is 4.02. The summed E-state index contributed by atoms with van der Waals surface area (Å²) in [4.78, 5) is 13.1. The summed E-state index contributed by atoms with van der Waals surface area (Å²) in [6.07, 6.45) is 5.87. The van der Waals surface area contributed by atoms with Gasteiger partial charge in [0.15, 0.2) is 0 Å². The number of carbonyl (C=O) groups is 1. The number of hydrogen-bond donors (Lipinski definition) is 1. The topological polar surface area (TPSA) is 38.3 Å². The van der Waals surface area contributed by atoms with E-state index in [0.29, 0.717) is 32.0 Å². The molecule has 2 aliphatic rings. The minimum absolute atomic E-state index is 0.0894. The Labute approximate surface area is 137 Å². The van der Waals surface area contributed by atoms with Gasteiger partial charge in [0.25, 0.3) is 0 Å². The van der Waals surface area contributed by atoms with Crippen LogP contribution < -0.4 is 5.32 Å². The van der Waals surface area contributed by atoms with Crippen LogP contribution in [0.1, 0.15) is 51.0 Å². The molecule has 1 heterocycles. The van der Waals surface area contributed by atoms with Crippen LogP contribution in [-0.4, -0.2) is 25.2 Å². The zero-order valence-corrected chi connectivity index (χ0v) is 13.8. The number of halogens is 1. The summed E-state index contributed by atoms with van der Waals surface area (Å²) in [6.45, 7) is 3.40. The van der Waals surface area contributed by atoms with Crippen LogP contribution >= 0.6 is 0 Å². The fraction of sp³-hybridized carbons (Fsp3) is 0.632. The quantitative estimate of drug-likeness (QED) is 0.925. The van der Waals surface area contributed by atoms with E-state index in [1.54, 1.807) is 12.1 Å². The lowest BCUT2D eigenvalue weighted by molar-refractivity contribution is -0.131. The first kappa shape index (κ1) is 16.4. The lowest BCUT2D eigenvalue weighted by atomic mass is 9.73. The summed E-state index contributed by atoms with van der Waals surface area (Å²) in [5.41, 5.74) is 0.329. The zero-order valence-electron chi connectivity index (χ0n) is 13.8. The van der Waals surface area contributed by atoms with Crippen LogP contribution in [0.3, 0.4) is 0 Å². The average molecular weight is 319 g/mol. The van der Waals surface area contributed by atoms with Crippen LogP contribution in [0.2, 0.25) is 0 Å². The van der Waals surface area contributed by atoms with Crippen molar-refractivity contribution in [2.24, 2.45) is 5.92 Å². The third-order valence-electron chi connectivity index (χ3n) is 5.45. The van der Waals surface area contributed by atoms with Crippen molar-refractivity contribution in [1.82, 2.24) is 5.32 Å². The van der Waals surface area contributed by atoms with Gasteiger partial charge in [-0.05, 0) is 49.3 Å². The van der Waals surface area contributed by atoms with Gasteiger partial charge in [-0.15, -0.1) is 0 Å². The number of amides is 1. The summed E-state index contributed by atoms with van der Waals surface area (Å²) in [5.74, 6) is 0.495. The van der Waals surface area contributed by atoms with Gasteiger partial charge in [0.1, 0.15) is 5.82 Å². The van der Waals surface area contributed by atoms with Gasteiger partial charge in [-0.3, -0.25) is 4.79 Å². The third-order valence-corrected chi connectivity index (χ3v) is 5.45. The highest BCUT2D eigenvalue weighted by atomic mass is 19.1. The first-order chi connectivity index (χ1) is 11.1. The Morgan fingerprint density at radius 1 is 1.22 bits per heavy atom. The van der Waals surface area contributed by atoms with Gasteiger partial charge in [0.05, 0.1) is 5.41 Å². The molecule has 4 heteroatoms. The van der Waals surface area contributed by atoms with E-state index in [9.17, 15) is 9.18 Å². The minimum atomic E-state index is -0.577. The van der Waals surface area contributed by atoms with Crippen molar-refractivity contribution in [3.8, 4) is 0 Å². The fourth-order valence-corrected chi connectivity index (χ4v) is 4.02. The predicted molar refractivity (Wildman–Crippen MR) is 87.7 cm³/mol. The molecule has 1 amide bonds. The Balaban J connectivity index is 1.80. The van der Waals surface area contributed by atoms with Crippen LogP contribution in [0.5, 0.6) is 0 Å². The number of rotatable bonds is 3. The van der Waals surface area contributed by atoms with Crippen molar-refractivity contribution in [2.45, 2.75) is 56.9 Å². The second kappa shape index (κ2) is 7.00. The molecule has 2 fully saturated rings. The van der Waals surface area contributed by atoms with Crippen molar-refractivity contribution < 1.29 is 13.9 Å². The maximum absolute atomic E-state index is 13.3. The molecule has 1 aromatic rings. The third kappa shape index (κ3) is 3.57. The summed E-state index contributed by atoms with van der Waals surface area (Å²) in [7, 11) is 0. The second-order valence-electron chi connectivity index (χ2n) is 7.14. The Hall–Kier alpha value is -1.42. The van der Waals surface area contributed by atoms with Crippen molar-refractivity contribution in [2.75, 3.05) is 13.2 Å². The molecule has 1 N–H and O–H groups in total. The van der Waals surface area contributed by atoms with Crippen LogP contribution in [-0.2, 0) is 14.9 Å². The summed E-state index contributed by atoms with van der Waals surface area (Å²) < 4.78 is 18.7. The summed E-state index contributed by atoms with van der Waals surface area (Å²) in [5, 5.41) is 3.28. The first-order valence-electron chi connectivity index (χ1n) is 8.75. The normalized spacial score (nSPS) is 27.4. The standard InChI is InChI=1S/C19H26FNO2/c1-14-3-2-4-17(13-14)21-18(22)19(9-11-23-12-10-19)15-5-7-16(20)8-6-15/h5-8,14,17H,2-4,9-13H2,1H3,(H,21,22). The molecule has 23 heavy (non-hydrogen) atoms. The van der Waals surface area contributed by atoms with Gasteiger partial charge in [-0.25, -0.2) is 4.39 Å². The zero-order chi connectivity index (χ0) is 16.3. The monoisotopic (exact) mass is 319 g/mol. The van der Waals surface area contributed by atoms with E-state index in [4.69, 9.17) is 4.74 Å². The molecule has 3 nitrogen and oxygen atoms in total. The van der Waals surface area contributed by atoms with Gasteiger partial charge in [-0.2, -0.15) is 0 Å². The van der Waals surface area contributed by atoms with Gasteiger partial charge in [-0.1, -0.05) is 31.9 Å². The molecule has 126 valence electrons. The molecule has 1 saturated carbocycles. The second-order valence-corrected chi connectivity index (χ2v) is 7.14. The van der Waals surface area contributed by atoms with Crippen LogP contribution in [0.25, 0.3) is 0 Å². The molecule has 1 aliphatic heterocycles. The van der Waals surface area contributed by atoms with E-state index < -0.39 is 5.41 Å². The van der Waals surface area contributed by atoms with E-state index in [1.807, 2.05) is 0 Å². The highest BCUT2D eigenvalue weighted by Crippen LogP contribution is 2.36. The average Bonchev–Trinajstić information content (AvgIpc) is 2.56. The number of benzene rings is 1.